The maximum Gasteiger partial charge on any atom is 0.188 e. The standard InChI is InChI=1S/C50H30N4/c1-51-34-27-29-46-42(31-34)41-30-33(26-28-45(41)54(46)44-25-13-15-32-14-5-6-18-36(32)44)48-37-19-7-9-21-39(37)49(40-22-10-8-20-38(40)48)50-52-43-23-11-12-24-47(43)53(50)35-16-3-2-4-17-35/h2-31H. The van der Waals surface area contributed by atoms with E-state index in [1.165, 1.54) is 16.3 Å². The summed E-state index contributed by atoms with van der Waals surface area (Å²) < 4.78 is 4.66. The Kier molecular flexibility index (Phi) is 6.58. The number of benzene rings is 9. The fourth-order valence-electron chi connectivity index (χ4n) is 8.61. The van der Waals surface area contributed by atoms with Crippen molar-refractivity contribution in [3.63, 3.8) is 0 Å². The lowest BCUT2D eigenvalue weighted by Gasteiger charge is -2.18. The SMILES string of the molecule is [C-]#[N+]c1ccc2c(c1)c1cc(-c3c4ccccc4c(-c4nc5ccccc5n4-c4ccccc4)c4ccccc34)ccc1n2-c1cccc2ccccc12. The molecule has 2 aromatic heterocycles. The second-order valence-electron chi connectivity index (χ2n) is 13.8. The van der Waals surface area contributed by atoms with Crippen LogP contribution in [-0.2, 0) is 0 Å². The van der Waals surface area contributed by atoms with E-state index in [4.69, 9.17) is 11.6 Å². The van der Waals surface area contributed by atoms with Crippen LogP contribution in [0.15, 0.2) is 182 Å². The van der Waals surface area contributed by atoms with Crippen LogP contribution in [0.1, 0.15) is 0 Å². The molecular formula is C50H30N4. The number of aromatic nitrogens is 3. The minimum absolute atomic E-state index is 0.631. The Balaban J connectivity index is 1.23. The first-order valence-corrected chi connectivity index (χ1v) is 18.2. The molecular weight excluding hydrogens is 657 g/mol. The molecule has 0 bridgehead atoms. The molecule has 0 N–H and O–H groups in total. The molecule has 0 radical (unpaired) electrons. The Hall–Kier alpha value is -7.48. The molecule has 0 saturated carbocycles. The highest BCUT2D eigenvalue weighted by molar-refractivity contribution is 6.22. The molecule has 0 amide bonds. The molecule has 11 rings (SSSR count). The normalized spacial score (nSPS) is 11.7. The summed E-state index contributed by atoms with van der Waals surface area (Å²) in [6.45, 7) is 7.87. The highest BCUT2D eigenvalue weighted by Crippen LogP contribution is 2.46. The van der Waals surface area contributed by atoms with Gasteiger partial charge in [0, 0.05) is 22.0 Å². The maximum absolute atomic E-state index is 7.87. The molecule has 2 heterocycles. The number of rotatable bonds is 4. The summed E-state index contributed by atoms with van der Waals surface area (Å²) in [5.74, 6) is 0.918. The summed E-state index contributed by atoms with van der Waals surface area (Å²) >= 11 is 0. The van der Waals surface area contributed by atoms with E-state index in [0.29, 0.717) is 5.69 Å². The third-order valence-electron chi connectivity index (χ3n) is 10.9. The average molecular weight is 687 g/mol. The summed E-state index contributed by atoms with van der Waals surface area (Å²) in [5.41, 5.74) is 10.5. The summed E-state index contributed by atoms with van der Waals surface area (Å²) in [7, 11) is 0. The van der Waals surface area contributed by atoms with Crippen LogP contribution in [0.2, 0.25) is 0 Å². The molecule has 0 saturated heterocycles. The number of para-hydroxylation sites is 3. The number of hydrogen-bond acceptors (Lipinski definition) is 1. The summed E-state index contributed by atoms with van der Waals surface area (Å²) in [5, 5.41) is 9.18. The van der Waals surface area contributed by atoms with Gasteiger partial charge in [-0.2, -0.15) is 0 Å². The van der Waals surface area contributed by atoms with Crippen LogP contribution in [0.25, 0.3) is 104 Å². The Morgan fingerprint density at radius 2 is 1.02 bits per heavy atom. The first-order valence-electron chi connectivity index (χ1n) is 18.2. The van der Waals surface area contributed by atoms with E-state index >= 15 is 0 Å². The lowest BCUT2D eigenvalue weighted by atomic mass is 9.87. The lowest BCUT2D eigenvalue weighted by Crippen LogP contribution is -1.99. The van der Waals surface area contributed by atoms with Gasteiger partial charge in [0.05, 0.1) is 34.3 Å². The van der Waals surface area contributed by atoms with Gasteiger partial charge in [-0.15, -0.1) is 0 Å². The van der Waals surface area contributed by atoms with Crippen molar-refractivity contribution in [2.75, 3.05) is 0 Å². The first-order chi connectivity index (χ1) is 26.8. The van der Waals surface area contributed by atoms with Gasteiger partial charge in [0.2, 0.25) is 0 Å². The molecule has 0 unspecified atom stereocenters. The number of imidazole rings is 1. The zero-order valence-corrected chi connectivity index (χ0v) is 29.1. The number of hydrogen-bond donors (Lipinski definition) is 0. The van der Waals surface area contributed by atoms with Crippen LogP contribution >= 0.6 is 0 Å². The van der Waals surface area contributed by atoms with Gasteiger partial charge in [-0.25, -0.2) is 9.83 Å². The molecule has 0 atom stereocenters. The molecule has 54 heavy (non-hydrogen) atoms. The van der Waals surface area contributed by atoms with Gasteiger partial charge in [0.1, 0.15) is 5.82 Å². The van der Waals surface area contributed by atoms with Gasteiger partial charge in [-0.1, -0.05) is 127 Å². The van der Waals surface area contributed by atoms with Crippen molar-refractivity contribution in [1.29, 1.82) is 0 Å². The van der Waals surface area contributed by atoms with E-state index in [1.807, 2.05) is 12.1 Å². The third kappa shape index (κ3) is 4.39. The van der Waals surface area contributed by atoms with Gasteiger partial charge >= 0.3 is 0 Å². The van der Waals surface area contributed by atoms with E-state index in [-0.39, 0.29) is 0 Å². The summed E-state index contributed by atoms with van der Waals surface area (Å²) in [6.07, 6.45) is 0. The average Bonchev–Trinajstić information content (AvgIpc) is 3.78. The molecule has 250 valence electrons. The largest absolute Gasteiger partial charge is 0.309 e. The second-order valence-corrected chi connectivity index (χ2v) is 13.8. The van der Waals surface area contributed by atoms with Crippen LogP contribution in [0.3, 0.4) is 0 Å². The quantitative estimate of drug-likeness (QED) is 0.134. The minimum atomic E-state index is 0.631. The topological polar surface area (TPSA) is 27.1 Å². The Labute approximate surface area is 311 Å². The Bertz CT molecular complexity index is 3280. The second kappa shape index (κ2) is 11.8. The van der Waals surface area contributed by atoms with Crippen LogP contribution in [0, 0.1) is 6.57 Å². The van der Waals surface area contributed by atoms with Crippen LogP contribution < -0.4 is 0 Å². The molecule has 0 aliphatic carbocycles. The fraction of sp³-hybridized carbons (Fsp3) is 0. The summed E-state index contributed by atoms with van der Waals surface area (Å²) in [4.78, 5) is 9.18. The van der Waals surface area contributed by atoms with E-state index in [2.05, 4.69) is 184 Å². The zero-order chi connectivity index (χ0) is 35.8. The zero-order valence-electron chi connectivity index (χ0n) is 29.1. The van der Waals surface area contributed by atoms with Gasteiger partial charge in [0.25, 0.3) is 0 Å². The van der Waals surface area contributed by atoms with Gasteiger partial charge in [-0.3, -0.25) is 4.57 Å². The molecule has 0 aliphatic heterocycles. The van der Waals surface area contributed by atoms with Gasteiger partial charge in [0.15, 0.2) is 5.69 Å². The monoisotopic (exact) mass is 686 g/mol. The van der Waals surface area contributed by atoms with E-state index in [9.17, 15) is 0 Å². The highest BCUT2D eigenvalue weighted by Gasteiger charge is 2.23. The van der Waals surface area contributed by atoms with Crippen LogP contribution in [0.4, 0.5) is 5.69 Å². The maximum atomic E-state index is 7.87. The molecule has 0 aliphatic rings. The molecule has 4 nitrogen and oxygen atoms in total. The minimum Gasteiger partial charge on any atom is -0.309 e. The van der Waals surface area contributed by atoms with Crippen LogP contribution in [0.5, 0.6) is 0 Å². The van der Waals surface area contributed by atoms with E-state index in [1.54, 1.807) is 0 Å². The number of nitrogens with zero attached hydrogens (tertiary/aromatic N) is 4. The van der Waals surface area contributed by atoms with Crippen molar-refractivity contribution < 1.29 is 0 Å². The van der Waals surface area contributed by atoms with E-state index in [0.717, 1.165) is 82.7 Å². The Morgan fingerprint density at radius 1 is 0.426 bits per heavy atom. The Morgan fingerprint density at radius 3 is 1.76 bits per heavy atom. The predicted octanol–water partition coefficient (Wildman–Crippen LogP) is 13.5. The van der Waals surface area contributed by atoms with Gasteiger partial charge in [-0.05, 0) is 98.0 Å². The molecule has 11 aromatic rings. The molecule has 0 fully saturated rings. The van der Waals surface area contributed by atoms with Crippen molar-refractivity contribution in [2.24, 2.45) is 0 Å². The third-order valence-corrected chi connectivity index (χ3v) is 10.9. The van der Waals surface area contributed by atoms with Crippen molar-refractivity contribution in [2.45, 2.75) is 0 Å². The van der Waals surface area contributed by atoms with Crippen molar-refractivity contribution in [1.82, 2.24) is 14.1 Å². The van der Waals surface area contributed by atoms with E-state index < -0.39 is 0 Å². The molecule has 0 spiro atoms. The first kappa shape index (κ1) is 30.2. The van der Waals surface area contributed by atoms with Crippen molar-refractivity contribution in [3.8, 4) is 33.9 Å². The highest BCUT2D eigenvalue weighted by atomic mass is 15.1. The number of fused-ring (bicyclic) bond motifs is 7. The van der Waals surface area contributed by atoms with Crippen LogP contribution in [-0.4, -0.2) is 14.1 Å². The fourth-order valence-corrected chi connectivity index (χ4v) is 8.61. The molecule has 9 aromatic carbocycles. The summed E-state index contributed by atoms with van der Waals surface area (Å²) in [6, 6.07) is 64.4. The molecule has 4 heteroatoms. The van der Waals surface area contributed by atoms with Crippen molar-refractivity contribution in [3.05, 3.63) is 193 Å². The van der Waals surface area contributed by atoms with Crippen molar-refractivity contribution >= 4 is 70.8 Å². The predicted molar refractivity (Wildman–Crippen MR) is 225 cm³/mol. The van der Waals surface area contributed by atoms with Gasteiger partial charge < -0.3 is 4.57 Å². The smallest absolute Gasteiger partial charge is 0.188 e. The lowest BCUT2D eigenvalue weighted by molar-refractivity contribution is 1.11.